The molecule has 13 heavy (non-hydrogen) atoms. The Balaban J connectivity index is 2.91. The van der Waals surface area contributed by atoms with Crippen molar-refractivity contribution in [3.05, 3.63) is 27.5 Å². The van der Waals surface area contributed by atoms with Gasteiger partial charge in [0.05, 0.1) is 17.0 Å². The molecule has 0 aliphatic rings. The summed E-state index contributed by atoms with van der Waals surface area (Å²) in [6, 6.07) is 3.47. The zero-order chi connectivity index (χ0) is 9.84. The maximum atomic E-state index is 8.43. The van der Waals surface area contributed by atoms with Gasteiger partial charge in [0.15, 0.2) is 0 Å². The van der Waals surface area contributed by atoms with E-state index in [1.807, 2.05) is 6.07 Å². The molecule has 2 N–H and O–H groups in total. The van der Waals surface area contributed by atoms with E-state index in [-0.39, 0.29) is 12.5 Å². The summed E-state index contributed by atoms with van der Waals surface area (Å²) in [5, 5.41) is 8.83. The molecular weight excluding hydrogens is 253 g/mol. The fraction of sp³-hybridized carbons (Fsp3) is 0.250. The normalized spacial score (nSPS) is 12.2. The Bertz CT molecular complexity index is 348. The second-order valence-corrected chi connectivity index (χ2v) is 3.72. The predicted molar refractivity (Wildman–Crippen MR) is 54.1 cm³/mol. The molecule has 0 bridgehead atoms. The Kier molecular flexibility index (Phi) is 3.67. The maximum absolute atomic E-state index is 8.43. The molecule has 1 heterocycles. The van der Waals surface area contributed by atoms with Gasteiger partial charge in [-0.05, 0) is 27.6 Å². The van der Waals surface area contributed by atoms with Crippen molar-refractivity contribution in [3.8, 4) is 6.07 Å². The average Bonchev–Trinajstić information content (AvgIpc) is 2.10. The molecule has 1 unspecified atom stereocenters. The molecule has 0 aromatic carbocycles. The van der Waals surface area contributed by atoms with Gasteiger partial charge in [0, 0.05) is 12.2 Å². The first-order chi connectivity index (χ1) is 6.15. The van der Waals surface area contributed by atoms with Crippen LogP contribution in [0.5, 0.6) is 0 Å². The van der Waals surface area contributed by atoms with Gasteiger partial charge in [-0.1, -0.05) is 11.6 Å². The van der Waals surface area contributed by atoms with E-state index in [0.717, 1.165) is 5.56 Å². The van der Waals surface area contributed by atoms with E-state index in [4.69, 9.17) is 22.6 Å². The van der Waals surface area contributed by atoms with Crippen LogP contribution in [-0.2, 0) is 0 Å². The van der Waals surface area contributed by atoms with Crippen molar-refractivity contribution in [1.82, 2.24) is 4.98 Å². The molecule has 5 heteroatoms. The largest absolute Gasteiger partial charge is 0.323 e. The quantitative estimate of drug-likeness (QED) is 0.831. The van der Waals surface area contributed by atoms with Crippen molar-refractivity contribution >= 4 is 27.5 Å². The number of nitriles is 1. The molecule has 1 atom stereocenters. The van der Waals surface area contributed by atoms with Gasteiger partial charge in [-0.25, -0.2) is 4.98 Å². The molecule has 0 saturated heterocycles. The lowest BCUT2D eigenvalue weighted by Crippen LogP contribution is -2.09. The summed E-state index contributed by atoms with van der Waals surface area (Å²) in [5.74, 6) is 0. The van der Waals surface area contributed by atoms with Gasteiger partial charge >= 0.3 is 0 Å². The summed E-state index contributed by atoms with van der Waals surface area (Å²) in [6.07, 6.45) is 1.85. The van der Waals surface area contributed by atoms with Gasteiger partial charge in [-0.3, -0.25) is 0 Å². The Labute approximate surface area is 89.6 Å². The Morgan fingerprint density at radius 2 is 2.46 bits per heavy atom. The number of pyridine rings is 1. The topological polar surface area (TPSA) is 62.7 Å². The third-order valence-corrected chi connectivity index (χ3v) is 2.69. The highest BCUT2D eigenvalue weighted by molar-refractivity contribution is 9.10. The lowest BCUT2D eigenvalue weighted by Gasteiger charge is -2.07. The van der Waals surface area contributed by atoms with Crippen molar-refractivity contribution < 1.29 is 0 Å². The number of rotatable bonds is 2. The molecule has 1 aromatic heterocycles. The van der Waals surface area contributed by atoms with E-state index in [9.17, 15) is 0 Å². The zero-order valence-electron chi connectivity index (χ0n) is 6.67. The molecule has 0 saturated carbocycles. The van der Waals surface area contributed by atoms with E-state index >= 15 is 0 Å². The summed E-state index contributed by atoms with van der Waals surface area (Å²) >= 11 is 8.93. The molecule has 0 aliphatic heterocycles. The highest BCUT2D eigenvalue weighted by atomic mass is 79.9. The SMILES string of the molecule is N#CCC(N)c1cnc(Cl)c(Br)c1. The lowest BCUT2D eigenvalue weighted by atomic mass is 10.1. The van der Waals surface area contributed by atoms with Crippen molar-refractivity contribution in [1.29, 1.82) is 5.26 Å². The van der Waals surface area contributed by atoms with Crippen LogP contribution in [0.1, 0.15) is 18.0 Å². The maximum Gasteiger partial charge on any atom is 0.143 e. The second kappa shape index (κ2) is 4.56. The minimum absolute atomic E-state index is 0.274. The fourth-order valence-corrected chi connectivity index (χ4v) is 1.33. The van der Waals surface area contributed by atoms with Crippen LogP contribution in [0.2, 0.25) is 5.15 Å². The summed E-state index contributed by atoms with van der Waals surface area (Å²) < 4.78 is 0.694. The highest BCUT2D eigenvalue weighted by Crippen LogP contribution is 2.23. The monoisotopic (exact) mass is 259 g/mol. The summed E-state index contributed by atoms with van der Waals surface area (Å²) in [6.45, 7) is 0. The summed E-state index contributed by atoms with van der Waals surface area (Å²) in [7, 11) is 0. The lowest BCUT2D eigenvalue weighted by molar-refractivity contribution is 0.743. The van der Waals surface area contributed by atoms with Gasteiger partial charge in [-0.2, -0.15) is 5.26 Å². The van der Waals surface area contributed by atoms with Gasteiger partial charge in [-0.15, -0.1) is 0 Å². The molecular formula is C8H7BrClN3. The minimum atomic E-state index is -0.300. The van der Waals surface area contributed by atoms with Gasteiger partial charge in [0.25, 0.3) is 0 Å². The predicted octanol–water partition coefficient (Wildman–Crippen LogP) is 2.41. The molecule has 0 spiro atoms. The van der Waals surface area contributed by atoms with Gasteiger partial charge in [0.1, 0.15) is 5.15 Å². The van der Waals surface area contributed by atoms with Crippen molar-refractivity contribution in [2.45, 2.75) is 12.5 Å². The van der Waals surface area contributed by atoms with Crippen LogP contribution < -0.4 is 5.73 Å². The van der Waals surface area contributed by atoms with E-state index in [1.54, 1.807) is 12.3 Å². The number of aromatic nitrogens is 1. The van der Waals surface area contributed by atoms with E-state index < -0.39 is 0 Å². The zero-order valence-corrected chi connectivity index (χ0v) is 9.01. The van der Waals surface area contributed by atoms with Gasteiger partial charge < -0.3 is 5.73 Å². The van der Waals surface area contributed by atoms with Crippen LogP contribution in [-0.4, -0.2) is 4.98 Å². The number of nitrogens with two attached hydrogens (primary N) is 1. The van der Waals surface area contributed by atoms with Crippen LogP contribution in [0, 0.1) is 11.3 Å². The van der Waals surface area contributed by atoms with E-state index in [1.165, 1.54) is 0 Å². The van der Waals surface area contributed by atoms with Crippen molar-refractivity contribution in [3.63, 3.8) is 0 Å². The van der Waals surface area contributed by atoms with Crippen molar-refractivity contribution in [2.75, 3.05) is 0 Å². The first kappa shape index (κ1) is 10.5. The van der Waals surface area contributed by atoms with Crippen LogP contribution in [0.4, 0.5) is 0 Å². The number of hydrogen-bond acceptors (Lipinski definition) is 3. The Hall–Kier alpha value is -0.630. The van der Waals surface area contributed by atoms with E-state index in [2.05, 4.69) is 20.9 Å². The Morgan fingerprint density at radius 3 is 3.00 bits per heavy atom. The molecule has 1 aromatic rings. The van der Waals surface area contributed by atoms with Crippen LogP contribution in [0.25, 0.3) is 0 Å². The molecule has 0 fully saturated rings. The van der Waals surface area contributed by atoms with Crippen LogP contribution in [0.15, 0.2) is 16.7 Å². The number of nitrogens with zero attached hydrogens (tertiary/aromatic N) is 2. The van der Waals surface area contributed by atoms with Gasteiger partial charge in [0.2, 0.25) is 0 Å². The minimum Gasteiger partial charge on any atom is -0.323 e. The van der Waals surface area contributed by atoms with Crippen LogP contribution in [0.3, 0.4) is 0 Å². The second-order valence-electron chi connectivity index (χ2n) is 2.51. The molecule has 0 radical (unpaired) electrons. The molecule has 1 rings (SSSR count). The van der Waals surface area contributed by atoms with Crippen LogP contribution >= 0.6 is 27.5 Å². The average molecular weight is 261 g/mol. The first-order valence-electron chi connectivity index (χ1n) is 3.58. The summed E-state index contributed by atoms with van der Waals surface area (Å²) in [4.78, 5) is 3.91. The third-order valence-electron chi connectivity index (χ3n) is 1.56. The highest BCUT2D eigenvalue weighted by Gasteiger charge is 2.07. The molecule has 3 nitrogen and oxygen atoms in total. The third kappa shape index (κ3) is 2.66. The fourth-order valence-electron chi connectivity index (χ4n) is 0.855. The van der Waals surface area contributed by atoms with Crippen molar-refractivity contribution in [2.24, 2.45) is 5.73 Å². The molecule has 0 amide bonds. The first-order valence-corrected chi connectivity index (χ1v) is 4.75. The smallest absolute Gasteiger partial charge is 0.143 e. The number of hydrogen-bond donors (Lipinski definition) is 1. The van der Waals surface area contributed by atoms with E-state index in [0.29, 0.717) is 9.63 Å². The standard InChI is InChI=1S/C8H7BrClN3/c9-6-3-5(4-13-8(6)10)7(12)1-2-11/h3-4,7H,1,12H2. The molecule has 68 valence electrons. The molecule has 0 aliphatic carbocycles. The Morgan fingerprint density at radius 1 is 1.77 bits per heavy atom. The summed E-state index contributed by atoms with van der Waals surface area (Å²) in [5.41, 5.74) is 6.50. The number of halogens is 2.